The molecule has 2 N–H and O–H groups in total. The Balaban J connectivity index is 0.00000261. The van der Waals surface area contributed by atoms with Crippen LogP contribution >= 0.6 is 12.4 Å². The van der Waals surface area contributed by atoms with Gasteiger partial charge in [-0.05, 0) is 30.3 Å². The van der Waals surface area contributed by atoms with Gasteiger partial charge in [-0.25, -0.2) is 4.79 Å². The number of urea groups is 1. The second kappa shape index (κ2) is 8.13. The van der Waals surface area contributed by atoms with Gasteiger partial charge >= 0.3 is 12.2 Å². The smallest absolute Gasteiger partial charge is 0.420 e. The van der Waals surface area contributed by atoms with Crippen molar-refractivity contribution in [1.29, 1.82) is 0 Å². The van der Waals surface area contributed by atoms with Crippen LogP contribution in [0, 0.1) is 0 Å². The molecular weight excluding hydrogens is 383 g/mol. The van der Waals surface area contributed by atoms with Gasteiger partial charge in [-0.3, -0.25) is 4.98 Å². The van der Waals surface area contributed by atoms with Gasteiger partial charge in [-0.15, -0.1) is 12.4 Å². The lowest BCUT2D eigenvalue weighted by Crippen LogP contribution is -2.20. The summed E-state index contributed by atoms with van der Waals surface area (Å²) >= 11 is 0. The van der Waals surface area contributed by atoms with Gasteiger partial charge in [0.05, 0.1) is 23.9 Å². The van der Waals surface area contributed by atoms with Crippen molar-refractivity contribution >= 4 is 40.7 Å². The molecule has 3 aromatic rings. The van der Waals surface area contributed by atoms with E-state index in [0.29, 0.717) is 11.2 Å². The number of rotatable bonds is 3. The molecule has 1 heterocycles. The zero-order valence-corrected chi connectivity index (χ0v) is 14.8. The van der Waals surface area contributed by atoms with Crippen molar-refractivity contribution in [3.8, 4) is 5.75 Å². The van der Waals surface area contributed by atoms with E-state index in [9.17, 15) is 18.0 Å². The normalized spacial score (nSPS) is 10.8. The van der Waals surface area contributed by atoms with E-state index in [1.54, 1.807) is 24.3 Å². The molecule has 0 saturated heterocycles. The van der Waals surface area contributed by atoms with Crippen molar-refractivity contribution in [1.82, 2.24) is 4.98 Å². The first kappa shape index (κ1) is 20.3. The summed E-state index contributed by atoms with van der Waals surface area (Å²) in [6.07, 6.45) is -3.06. The maximum absolute atomic E-state index is 13.1. The summed E-state index contributed by atoms with van der Waals surface area (Å²) in [4.78, 5) is 16.4. The summed E-state index contributed by atoms with van der Waals surface area (Å²) in [6.45, 7) is 0. The molecule has 142 valence electrons. The lowest BCUT2D eigenvalue weighted by Gasteiger charge is -2.14. The molecule has 0 spiro atoms. The molecule has 0 aliphatic carbocycles. The minimum atomic E-state index is -4.60. The molecule has 0 unspecified atom stereocenters. The Hall–Kier alpha value is -3.00. The molecule has 9 heteroatoms. The third-order valence-electron chi connectivity index (χ3n) is 3.66. The number of ether oxygens (including phenoxy) is 1. The maximum atomic E-state index is 13.1. The summed E-state index contributed by atoms with van der Waals surface area (Å²) in [6, 6.07) is 11.4. The highest BCUT2D eigenvalue weighted by molar-refractivity contribution is 6.05. The lowest BCUT2D eigenvalue weighted by atomic mass is 10.1. The number of nitrogens with one attached hydrogen (secondary N) is 2. The molecule has 0 saturated carbocycles. The molecule has 0 aliphatic rings. The van der Waals surface area contributed by atoms with Crippen LogP contribution in [0.15, 0.2) is 54.7 Å². The van der Waals surface area contributed by atoms with Crippen LogP contribution in [0.5, 0.6) is 5.75 Å². The Morgan fingerprint density at radius 1 is 1.07 bits per heavy atom. The Morgan fingerprint density at radius 2 is 1.81 bits per heavy atom. The highest BCUT2D eigenvalue weighted by atomic mass is 35.5. The van der Waals surface area contributed by atoms with Crippen molar-refractivity contribution in [3.63, 3.8) is 0 Å². The SMILES string of the molecule is COc1ccc(NC(=O)Nc2ccnc3ccccc23)cc1C(F)(F)F.Cl. The fourth-order valence-corrected chi connectivity index (χ4v) is 2.50. The predicted octanol–water partition coefficient (Wildman–Crippen LogP) is 5.33. The zero-order valence-electron chi connectivity index (χ0n) is 14.0. The van der Waals surface area contributed by atoms with Crippen molar-refractivity contribution in [2.24, 2.45) is 0 Å². The number of fused-ring (bicyclic) bond motifs is 1. The van der Waals surface area contributed by atoms with E-state index in [2.05, 4.69) is 15.6 Å². The van der Waals surface area contributed by atoms with Gasteiger partial charge in [0.2, 0.25) is 0 Å². The highest BCUT2D eigenvalue weighted by Crippen LogP contribution is 2.37. The quantitative estimate of drug-likeness (QED) is 0.628. The van der Waals surface area contributed by atoms with Crippen molar-refractivity contribution < 1.29 is 22.7 Å². The lowest BCUT2D eigenvalue weighted by molar-refractivity contribution is -0.138. The molecule has 2 aromatic carbocycles. The molecule has 27 heavy (non-hydrogen) atoms. The Labute approximate surface area is 159 Å². The van der Waals surface area contributed by atoms with E-state index in [1.807, 2.05) is 6.07 Å². The van der Waals surface area contributed by atoms with Crippen LogP contribution in [0.1, 0.15) is 5.56 Å². The van der Waals surface area contributed by atoms with Gasteiger partial charge in [0.1, 0.15) is 5.75 Å². The van der Waals surface area contributed by atoms with Gasteiger partial charge in [0, 0.05) is 17.3 Å². The maximum Gasteiger partial charge on any atom is 0.420 e. The third kappa shape index (κ3) is 4.59. The van der Waals surface area contributed by atoms with Gasteiger partial charge in [-0.2, -0.15) is 13.2 Å². The van der Waals surface area contributed by atoms with E-state index in [4.69, 9.17) is 4.74 Å². The van der Waals surface area contributed by atoms with Gasteiger partial charge < -0.3 is 15.4 Å². The number of pyridine rings is 1. The standard InChI is InChI=1S/C18H14F3N3O2.ClH/c1-26-16-7-6-11(10-13(16)18(19,20)21)23-17(25)24-15-8-9-22-14-5-3-2-4-12(14)15;/h2-10H,1H3,(H2,22,23,24,25);1H. The highest BCUT2D eigenvalue weighted by Gasteiger charge is 2.34. The van der Waals surface area contributed by atoms with Crippen LogP contribution in [0.4, 0.5) is 29.3 Å². The number of anilines is 2. The van der Waals surface area contributed by atoms with Gasteiger partial charge in [0.25, 0.3) is 0 Å². The minimum Gasteiger partial charge on any atom is -0.496 e. The van der Waals surface area contributed by atoms with Crippen molar-refractivity contribution in [2.45, 2.75) is 6.18 Å². The van der Waals surface area contributed by atoms with E-state index in [1.165, 1.54) is 12.3 Å². The molecule has 0 fully saturated rings. The van der Waals surface area contributed by atoms with E-state index < -0.39 is 17.8 Å². The van der Waals surface area contributed by atoms with Crippen LogP contribution in [0.25, 0.3) is 10.9 Å². The number of benzene rings is 2. The van der Waals surface area contributed by atoms with E-state index in [-0.39, 0.29) is 23.8 Å². The molecule has 0 bridgehead atoms. The minimum absolute atomic E-state index is 0. The molecule has 0 aliphatic heterocycles. The number of hydrogen-bond acceptors (Lipinski definition) is 3. The number of carbonyl (C=O) groups is 1. The number of carbonyl (C=O) groups excluding carboxylic acids is 1. The molecule has 1 aromatic heterocycles. The zero-order chi connectivity index (χ0) is 18.7. The second-order valence-electron chi connectivity index (χ2n) is 5.37. The average Bonchev–Trinajstić information content (AvgIpc) is 2.61. The number of alkyl halides is 3. The largest absolute Gasteiger partial charge is 0.496 e. The first-order valence-corrected chi connectivity index (χ1v) is 7.55. The number of hydrogen-bond donors (Lipinski definition) is 2. The summed E-state index contributed by atoms with van der Waals surface area (Å²) in [5, 5.41) is 5.73. The molecule has 0 radical (unpaired) electrons. The number of para-hydroxylation sites is 1. The van der Waals surface area contributed by atoms with Gasteiger partial charge in [0.15, 0.2) is 0 Å². The van der Waals surface area contributed by atoms with Crippen LogP contribution in [0.3, 0.4) is 0 Å². The molecule has 3 rings (SSSR count). The number of nitrogens with zero attached hydrogens (tertiary/aromatic N) is 1. The third-order valence-corrected chi connectivity index (χ3v) is 3.66. The Kier molecular flexibility index (Phi) is 6.12. The summed E-state index contributed by atoms with van der Waals surface area (Å²) in [7, 11) is 1.15. The Morgan fingerprint density at radius 3 is 2.52 bits per heavy atom. The van der Waals surface area contributed by atoms with Crippen LogP contribution in [0.2, 0.25) is 0 Å². The fraction of sp³-hybridized carbons (Fsp3) is 0.111. The molecule has 2 amide bonds. The topological polar surface area (TPSA) is 63.2 Å². The van der Waals surface area contributed by atoms with Crippen molar-refractivity contribution in [3.05, 3.63) is 60.3 Å². The molecule has 0 atom stereocenters. The molecular formula is C18H15ClF3N3O2. The Bertz CT molecular complexity index is 959. The number of aromatic nitrogens is 1. The van der Waals surface area contributed by atoms with Crippen LogP contribution in [-0.2, 0) is 6.18 Å². The number of halogens is 4. The van der Waals surface area contributed by atoms with Crippen molar-refractivity contribution in [2.75, 3.05) is 17.7 Å². The van der Waals surface area contributed by atoms with Crippen LogP contribution < -0.4 is 15.4 Å². The monoisotopic (exact) mass is 397 g/mol. The van der Waals surface area contributed by atoms with Gasteiger partial charge in [-0.1, -0.05) is 18.2 Å². The van der Waals surface area contributed by atoms with E-state index in [0.717, 1.165) is 24.6 Å². The predicted molar refractivity (Wildman–Crippen MR) is 99.6 cm³/mol. The van der Waals surface area contributed by atoms with Crippen LogP contribution in [-0.4, -0.2) is 18.1 Å². The average molecular weight is 398 g/mol. The molecule has 5 nitrogen and oxygen atoms in total. The summed E-state index contributed by atoms with van der Waals surface area (Å²) in [5.74, 6) is -0.316. The number of methoxy groups -OCH3 is 1. The first-order chi connectivity index (χ1) is 12.4. The fourth-order valence-electron chi connectivity index (χ4n) is 2.50. The number of amides is 2. The summed E-state index contributed by atoms with van der Waals surface area (Å²) in [5.41, 5.74) is 0.216. The van der Waals surface area contributed by atoms with E-state index >= 15 is 0 Å². The summed E-state index contributed by atoms with van der Waals surface area (Å²) < 4.78 is 43.9. The first-order valence-electron chi connectivity index (χ1n) is 7.55. The second-order valence-corrected chi connectivity index (χ2v) is 5.37.